The van der Waals surface area contributed by atoms with Crippen molar-refractivity contribution in [3.8, 4) is 0 Å². The number of hydrogen-bond acceptors (Lipinski definition) is 1. The summed E-state index contributed by atoms with van der Waals surface area (Å²) in [6.45, 7) is 0. The fraction of sp³-hybridized carbons (Fsp3) is 0.143. The molecule has 0 saturated carbocycles. The molecule has 8 heteroatoms. The zero-order chi connectivity index (χ0) is 21.3. The molecule has 3 rings (SSSR count). The van der Waals surface area contributed by atoms with E-state index in [1.165, 1.54) is 6.07 Å². The van der Waals surface area contributed by atoms with Gasteiger partial charge in [0.15, 0.2) is 0 Å². The van der Waals surface area contributed by atoms with Crippen LogP contribution in [0.5, 0.6) is 0 Å². The Kier molecular flexibility index (Phi) is 5.69. The van der Waals surface area contributed by atoms with Gasteiger partial charge in [0, 0.05) is 5.56 Å². The van der Waals surface area contributed by atoms with E-state index in [9.17, 15) is 31.4 Å². The van der Waals surface area contributed by atoms with Gasteiger partial charge in [0.05, 0.1) is 0 Å². The Morgan fingerprint density at radius 1 is 0.552 bits per heavy atom. The average molecular weight is 430 g/mol. The number of alkyl halides is 6. The lowest BCUT2D eigenvalue weighted by Crippen LogP contribution is -2.53. The highest BCUT2D eigenvalue weighted by atomic mass is 32.2. The summed E-state index contributed by atoms with van der Waals surface area (Å²) in [4.78, 5) is 1.78. The van der Waals surface area contributed by atoms with Gasteiger partial charge in [-0.15, -0.1) is 0 Å². The highest BCUT2D eigenvalue weighted by Gasteiger charge is 2.71. The third-order valence-corrected chi connectivity index (χ3v) is 6.80. The Morgan fingerprint density at radius 3 is 1.38 bits per heavy atom. The first-order valence-corrected chi connectivity index (χ1v) is 9.76. The molecular formula is C21H16F6OS. The highest BCUT2D eigenvalue weighted by molar-refractivity contribution is 8.17. The quantitative estimate of drug-likeness (QED) is 0.359. The van der Waals surface area contributed by atoms with Crippen molar-refractivity contribution < 1.29 is 31.4 Å². The Morgan fingerprint density at radius 2 is 0.966 bits per heavy atom. The van der Waals surface area contributed by atoms with Gasteiger partial charge in [-0.25, -0.2) is 0 Å². The first-order chi connectivity index (χ1) is 13.6. The van der Waals surface area contributed by atoms with Gasteiger partial charge >= 0.3 is 12.4 Å². The van der Waals surface area contributed by atoms with E-state index in [0.717, 1.165) is 21.9 Å². The fourth-order valence-corrected chi connectivity index (χ4v) is 5.30. The molecule has 0 heterocycles. The predicted octanol–water partition coefficient (Wildman–Crippen LogP) is 6.48. The molecule has 0 saturated heterocycles. The van der Waals surface area contributed by atoms with Crippen LogP contribution in [0.4, 0.5) is 26.3 Å². The van der Waals surface area contributed by atoms with Gasteiger partial charge < -0.3 is 5.11 Å². The van der Waals surface area contributed by atoms with Crippen LogP contribution < -0.4 is 0 Å². The first kappa shape index (κ1) is 21.3. The van der Waals surface area contributed by atoms with Crippen molar-refractivity contribution in [3.63, 3.8) is 0 Å². The van der Waals surface area contributed by atoms with Crippen LogP contribution in [-0.4, -0.2) is 17.5 Å². The summed E-state index contributed by atoms with van der Waals surface area (Å²) < 4.78 is 79.8. The van der Waals surface area contributed by atoms with Crippen molar-refractivity contribution in [2.75, 3.05) is 0 Å². The molecule has 1 nitrogen and oxygen atoms in total. The van der Waals surface area contributed by atoms with Crippen LogP contribution in [0.2, 0.25) is 0 Å². The lowest BCUT2D eigenvalue weighted by molar-refractivity contribution is -0.376. The van der Waals surface area contributed by atoms with Crippen molar-refractivity contribution in [1.82, 2.24) is 0 Å². The van der Waals surface area contributed by atoms with Crippen LogP contribution in [0.3, 0.4) is 0 Å². The summed E-state index contributed by atoms with van der Waals surface area (Å²) in [6.07, 6.45) is -11.8. The molecule has 0 aliphatic rings. The van der Waals surface area contributed by atoms with Gasteiger partial charge in [0.1, 0.15) is 0 Å². The molecule has 154 valence electrons. The molecule has 0 unspecified atom stereocenters. The van der Waals surface area contributed by atoms with E-state index in [1.54, 1.807) is 60.7 Å². The number of thiol groups is 1. The summed E-state index contributed by atoms with van der Waals surface area (Å²) in [5.74, 6) is 0. The second-order valence-electron chi connectivity index (χ2n) is 6.26. The smallest absolute Gasteiger partial charge is 0.369 e. The molecule has 29 heavy (non-hydrogen) atoms. The molecule has 0 spiro atoms. The maximum Gasteiger partial charge on any atom is 0.430 e. The molecule has 3 aromatic rings. The monoisotopic (exact) mass is 430 g/mol. The van der Waals surface area contributed by atoms with Gasteiger partial charge in [0.25, 0.3) is 5.60 Å². The topological polar surface area (TPSA) is 20.2 Å². The van der Waals surface area contributed by atoms with Crippen molar-refractivity contribution in [1.29, 1.82) is 0 Å². The molecular weight excluding hydrogens is 414 g/mol. The third kappa shape index (κ3) is 4.00. The first-order valence-electron chi connectivity index (χ1n) is 8.42. The average Bonchev–Trinajstić information content (AvgIpc) is 2.68. The maximum atomic E-state index is 13.3. The van der Waals surface area contributed by atoms with Crippen molar-refractivity contribution in [3.05, 3.63) is 90.5 Å². The van der Waals surface area contributed by atoms with Gasteiger partial charge in [-0.1, -0.05) is 48.5 Å². The minimum atomic E-state index is -5.92. The van der Waals surface area contributed by atoms with Crippen LogP contribution in [0.1, 0.15) is 5.56 Å². The van der Waals surface area contributed by atoms with E-state index in [4.69, 9.17) is 0 Å². The third-order valence-electron chi connectivity index (χ3n) is 4.37. The summed E-state index contributed by atoms with van der Waals surface area (Å²) in [6, 6.07) is 21.6. The van der Waals surface area contributed by atoms with E-state index in [0.29, 0.717) is 6.07 Å². The van der Waals surface area contributed by atoms with Gasteiger partial charge in [-0.3, -0.25) is 0 Å². The van der Waals surface area contributed by atoms with Crippen LogP contribution in [0.15, 0.2) is 99.6 Å². The van der Waals surface area contributed by atoms with Crippen LogP contribution >= 0.6 is 10.9 Å². The number of benzene rings is 3. The van der Waals surface area contributed by atoms with Crippen molar-refractivity contribution in [2.45, 2.75) is 32.6 Å². The van der Waals surface area contributed by atoms with E-state index in [-0.39, 0.29) is 4.90 Å². The second-order valence-corrected chi connectivity index (χ2v) is 8.48. The number of hydrogen-bond donors (Lipinski definition) is 2. The van der Waals surface area contributed by atoms with Crippen LogP contribution in [0, 0.1) is 0 Å². The zero-order valence-electron chi connectivity index (χ0n) is 14.7. The minimum absolute atomic E-state index is 0.266. The molecule has 0 fully saturated rings. The van der Waals surface area contributed by atoms with Crippen molar-refractivity contribution in [2.24, 2.45) is 0 Å². The normalized spacial score (nSPS) is 13.3. The Labute approximate surface area is 166 Å². The molecule has 1 N–H and O–H groups in total. The largest absolute Gasteiger partial charge is 0.430 e. The predicted molar refractivity (Wildman–Crippen MR) is 99.1 cm³/mol. The van der Waals surface area contributed by atoms with Gasteiger partial charge in [0.2, 0.25) is 0 Å². The summed E-state index contributed by atoms with van der Waals surface area (Å²) in [5, 5.41) is 9.76. The Hall–Kier alpha value is -2.45. The van der Waals surface area contributed by atoms with E-state index in [2.05, 4.69) is 0 Å². The minimum Gasteiger partial charge on any atom is -0.369 e. The standard InChI is InChI=1S/C21H16F6OS/c22-20(23,24)19(28,21(25,26)27)15-8-7-13-18(14-15)29(16-9-3-1-4-10-16)17-11-5-2-6-12-17/h1-14,28-29H. The molecule has 0 atom stereocenters. The zero-order valence-corrected chi connectivity index (χ0v) is 15.6. The molecule has 0 radical (unpaired) electrons. The Balaban J connectivity index is 2.20. The number of rotatable bonds is 4. The highest BCUT2D eigenvalue weighted by Crippen LogP contribution is 2.54. The molecule has 3 aromatic carbocycles. The van der Waals surface area contributed by atoms with Gasteiger partial charge in [-0.05, 0) is 51.1 Å². The molecule has 0 aromatic heterocycles. The van der Waals surface area contributed by atoms with Crippen LogP contribution in [-0.2, 0) is 5.60 Å². The second kappa shape index (κ2) is 7.76. The lowest BCUT2D eigenvalue weighted by atomic mass is 9.92. The molecule has 0 aliphatic heterocycles. The number of halogens is 6. The SMILES string of the molecule is OC(c1cccc([SH](c2ccccc2)c2ccccc2)c1)(C(F)(F)F)C(F)(F)F. The van der Waals surface area contributed by atoms with Crippen LogP contribution in [0.25, 0.3) is 0 Å². The molecule has 0 amide bonds. The van der Waals surface area contributed by atoms with Crippen molar-refractivity contribution >= 4 is 10.9 Å². The maximum absolute atomic E-state index is 13.3. The number of aliphatic hydroxyl groups is 1. The molecule has 0 bridgehead atoms. The van der Waals surface area contributed by atoms with E-state index >= 15 is 0 Å². The van der Waals surface area contributed by atoms with Gasteiger partial charge in [-0.2, -0.15) is 37.2 Å². The van der Waals surface area contributed by atoms with E-state index in [1.807, 2.05) is 0 Å². The summed E-state index contributed by atoms with van der Waals surface area (Å²) in [5.41, 5.74) is -6.21. The fourth-order valence-electron chi connectivity index (χ4n) is 2.96. The lowest BCUT2D eigenvalue weighted by Gasteiger charge is -2.33. The van der Waals surface area contributed by atoms with E-state index < -0.39 is 34.4 Å². The summed E-state index contributed by atoms with van der Waals surface area (Å²) in [7, 11) is -1.43. The molecule has 0 aliphatic carbocycles. The Bertz CT molecular complexity index is 901. The summed E-state index contributed by atoms with van der Waals surface area (Å²) >= 11 is 0.